The molecule has 0 amide bonds. The summed E-state index contributed by atoms with van der Waals surface area (Å²) in [6.45, 7) is 0. The summed E-state index contributed by atoms with van der Waals surface area (Å²) >= 11 is 0. The Morgan fingerprint density at radius 1 is 0.198 bits per heavy atom. The molecule has 15 aromatic rings. The van der Waals surface area contributed by atoms with Crippen molar-refractivity contribution in [3.63, 3.8) is 0 Å². The number of rotatable bonds is 11. The van der Waals surface area contributed by atoms with Crippen LogP contribution in [0.5, 0.6) is 0 Å². The van der Waals surface area contributed by atoms with Gasteiger partial charge in [-0.1, -0.05) is 212 Å². The van der Waals surface area contributed by atoms with Gasteiger partial charge in [0.05, 0.1) is 11.9 Å². The van der Waals surface area contributed by atoms with Crippen LogP contribution in [0.15, 0.2) is 316 Å². The first-order valence-corrected chi connectivity index (χ1v) is 29.4. The number of nitrogens with zero attached hydrogens (tertiary/aromatic N) is 4. The molecule has 0 saturated carbocycles. The molecular weight excluding hydrogens is 1040 g/mol. The highest BCUT2D eigenvalue weighted by molar-refractivity contribution is 6.20. The van der Waals surface area contributed by atoms with E-state index in [1.54, 1.807) is 0 Å². The van der Waals surface area contributed by atoms with Crippen LogP contribution in [0.4, 0.5) is 34.1 Å². The molecule has 2 aliphatic rings. The Morgan fingerprint density at radius 2 is 0.558 bits per heavy atom. The molecule has 2 aromatic heterocycles. The third kappa shape index (κ3) is 8.14. The van der Waals surface area contributed by atoms with E-state index in [4.69, 9.17) is 0 Å². The monoisotopic (exact) mass is 1090 g/mol. The van der Waals surface area contributed by atoms with Crippen molar-refractivity contribution in [2.24, 2.45) is 0 Å². The first-order chi connectivity index (χ1) is 42.6. The van der Waals surface area contributed by atoms with E-state index in [0.29, 0.717) is 0 Å². The summed E-state index contributed by atoms with van der Waals surface area (Å²) in [6, 6.07) is 107. The first kappa shape index (κ1) is 49.2. The van der Waals surface area contributed by atoms with Gasteiger partial charge in [-0.25, -0.2) is 0 Å². The zero-order chi connectivity index (χ0) is 56.7. The maximum Gasteiger partial charge on any atom is 0.0644 e. The minimum Gasteiger partial charge on any atom is -0.310 e. The standard InChI is InChI=1S/C82H52N4/c1-2-12-67-56(9-1)10-5-15-68(67)57-26-37-63(38-27-57)86(66-11-8-48-84-52-66)64-39-30-59(31-40-64)70-43-45-79-73-41-32-60(51-80(73)77-19-7-17-75(70)82(77)79)55-22-20-53(21-23-55)54-24-33-61(34-25-54)85(65-46-49-83-50-47-65)62-35-28-58(29-36-62)69-42-44-78-72-14-4-3-13-71(72)76-18-6-16-74(69)81(76)78/h1-52H. The lowest BCUT2D eigenvalue weighted by Gasteiger charge is -2.25. The van der Waals surface area contributed by atoms with Gasteiger partial charge < -0.3 is 9.80 Å². The highest BCUT2D eigenvalue weighted by atomic mass is 15.2. The molecule has 4 heteroatoms. The second kappa shape index (κ2) is 20.2. The van der Waals surface area contributed by atoms with Crippen LogP contribution in [-0.2, 0) is 0 Å². The molecule has 0 fully saturated rings. The summed E-state index contributed by atoms with van der Waals surface area (Å²) < 4.78 is 0. The quantitative estimate of drug-likeness (QED) is 0.129. The van der Waals surface area contributed by atoms with Crippen molar-refractivity contribution in [2.75, 3.05) is 9.80 Å². The molecule has 0 N–H and O–H groups in total. The highest BCUT2D eigenvalue weighted by Crippen LogP contribution is 2.52. The lowest BCUT2D eigenvalue weighted by atomic mass is 9.94. The molecule has 0 radical (unpaired) electrons. The van der Waals surface area contributed by atoms with Gasteiger partial charge in [-0.15, -0.1) is 0 Å². The molecule has 86 heavy (non-hydrogen) atoms. The Bertz CT molecular complexity index is 5080. The minimum absolute atomic E-state index is 1.00. The number of pyridine rings is 2. The van der Waals surface area contributed by atoms with E-state index in [2.05, 4.69) is 305 Å². The number of anilines is 6. The number of fused-ring (bicyclic) bond motifs is 7. The SMILES string of the molecule is c1cncc(N(c2ccc(-c3cccc4ccccc34)cc2)c2ccc(-c3ccc4c5c(cccc35)-c3cc(-c5ccc(-c6ccc(N(c7ccncc7)c7ccc(-c8ccc9c%10c(cccc8%10)-c8ccccc8-9)cc7)cc6)cc5)ccc3-4)cc2)c1. The second-order valence-corrected chi connectivity index (χ2v) is 22.5. The summed E-state index contributed by atoms with van der Waals surface area (Å²) in [5.41, 5.74) is 28.7. The van der Waals surface area contributed by atoms with Gasteiger partial charge >= 0.3 is 0 Å². The van der Waals surface area contributed by atoms with Crippen LogP contribution >= 0.6 is 0 Å². The van der Waals surface area contributed by atoms with Gasteiger partial charge in [-0.3, -0.25) is 9.97 Å². The molecule has 2 aliphatic carbocycles. The van der Waals surface area contributed by atoms with Gasteiger partial charge in [0.25, 0.3) is 0 Å². The van der Waals surface area contributed by atoms with Crippen LogP contribution < -0.4 is 9.80 Å². The van der Waals surface area contributed by atoms with Crippen molar-refractivity contribution in [3.05, 3.63) is 316 Å². The second-order valence-electron chi connectivity index (χ2n) is 22.5. The Labute approximate surface area is 499 Å². The smallest absolute Gasteiger partial charge is 0.0644 e. The maximum atomic E-state index is 4.53. The Balaban J connectivity index is 0.627. The molecule has 4 nitrogen and oxygen atoms in total. The Morgan fingerprint density at radius 3 is 1.12 bits per heavy atom. The van der Waals surface area contributed by atoms with Gasteiger partial charge in [0.1, 0.15) is 0 Å². The average molecular weight is 1090 g/mol. The van der Waals surface area contributed by atoms with Crippen molar-refractivity contribution in [3.8, 4) is 100 Å². The molecule has 0 atom stereocenters. The van der Waals surface area contributed by atoms with E-state index in [-0.39, 0.29) is 0 Å². The zero-order valence-corrected chi connectivity index (χ0v) is 46.8. The third-order valence-corrected chi connectivity index (χ3v) is 17.8. The summed E-state index contributed by atoms with van der Waals surface area (Å²) in [5.74, 6) is 0. The van der Waals surface area contributed by atoms with Crippen molar-refractivity contribution in [1.82, 2.24) is 9.97 Å². The van der Waals surface area contributed by atoms with Crippen LogP contribution in [0, 0.1) is 0 Å². The van der Waals surface area contributed by atoms with E-state index in [1.165, 1.54) is 127 Å². The van der Waals surface area contributed by atoms with Gasteiger partial charge in [-0.05, 0) is 211 Å². The van der Waals surface area contributed by atoms with Gasteiger partial charge in [-0.2, -0.15) is 0 Å². The molecular formula is C82H52N4. The summed E-state index contributed by atoms with van der Waals surface area (Å²) in [7, 11) is 0. The zero-order valence-electron chi connectivity index (χ0n) is 46.8. The molecule has 0 aliphatic heterocycles. The number of hydrogen-bond acceptors (Lipinski definition) is 4. The maximum absolute atomic E-state index is 4.53. The normalized spacial score (nSPS) is 11.7. The van der Waals surface area contributed by atoms with Crippen molar-refractivity contribution >= 4 is 66.4 Å². The molecule has 0 saturated heterocycles. The first-order valence-electron chi connectivity index (χ1n) is 29.4. The number of aromatic nitrogens is 2. The van der Waals surface area contributed by atoms with Crippen LogP contribution in [-0.4, -0.2) is 9.97 Å². The molecule has 0 spiro atoms. The van der Waals surface area contributed by atoms with Gasteiger partial charge in [0.15, 0.2) is 0 Å². The molecule has 0 bridgehead atoms. The summed E-state index contributed by atoms with van der Waals surface area (Å²) in [6.07, 6.45) is 7.49. The predicted octanol–water partition coefficient (Wildman–Crippen LogP) is 22.5. The molecule has 400 valence electrons. The lowest BCUT2D eigenvalue weighted by molar-refractivity contribution is 1.23. The van der Waals surface area contributed by atoms with Crippen LogP contribution in [0.1, 0.15) is 0 Å². The Kier molecular flexibility index (Phi) is 11.5. The van der Waals surface area contributed by atoms with Crippen molar-refractivity contribution in [1.29, 1.82) is 0 Å². The molecule has 13 aromatic carbocycles. The van der Waals surface area contributed by atoms with Gasteiger partial charge in [0.2, 0.25) is 0 Å². The lowest BCUT2D eigenvalue weighted by Crippen LogP contribution is -2.10. The fourth-order valence-corrected chi connectivity index (χ4v) is 13.7. The third-order valence-electron chi connectivity index (χ3n) is 17.8. The summed E-state index contributed by atoms with van der Waals surface area (Å²) in [4.78, 5) is 13.5. The fraction of sp³-hybridized carbons (Fsp3) is 0. The van der Waals surface area contributed by atoms with E-state index in [9.17, 15) is 0 Å². The number of benzene rings is 13. The van der Waals surface area contributed by atoms with Crippen molar-refractivity contribution < 1.29 is 0 Å². The van der Waals surface area contributed by atoms with E-state index < -0.39 is 0 Å². The largest absolute Gasteiger partial charge is 0.310 e. The minimum atomic E-state index is 1.00. The van der Waals surface area contributed by atoms with Gasteiger partial charge in [0, 0.05) is 47.0 Å². The highest BCUT2D eigenvalue weighted by Gasteiger charge is 2.26. The molecule has 0 unspecified atom stereocenters. The average Bonchev–Trinajstić information content (AvgIpc) is 1.82. The Hall–Kier alpha value is -11.5. The molecule has 17 rings (SSSR count). The van der Waals surface area contributed by atoms with Crippen LogP contribution in [0.2, 0.25) is 0 Å². The predicted molar refractivity (Wildman–Crippen MR) is 360 cm³/mol. The van der Waals surface area contributed by atoms with Crippen LogP contribution in [0.3, 0.4) is 0 Å². The van der Waals surface area contributed by atoms with Crippen molar-refractivity contribution in [2.45, 2.75) is 0 Å². The number of hydrogen-bond donors (Lipinski definition) is 0. The molecule has 2 heterocycles. The van der Waals surface area contributed by atoms with E-state index in [1.807, 2.05) is 30.9 Å². The fourth-order valence-electron chi connectivity index (χ4n) is 13.7. The van der Waals surface area contributed by atoms with E-state index >= 15 is 0 Å². The summed E-state index contributed by atoms with van der Waals surface area (Å²) in [5, 5.41) is 7.68. The van der Waals surface area contributed by atoms with Crippen LogP contribution in [0.25, 0.3) is 132 Å². The topological polar surface area (TPSA) is 32.3 Å². The van der Waals surface area contributed by atoms with E-state index in [0.717, 1.165) is 39.7 Å².